The smallest absolute Gasteiger partial charge is 0.118 e. The van der Waals surface area contributed by atoms with Crippen LogP contribution in [0.1, 0.15) is 25.3 Å². The molecule has 0 saturated heterocycles. The van der Waals surface area contributed by atoms with Gasteiger partial charge in [-0.15, -0.1) is 12.3 Å². The Kier molecular flexibility index (Phi) is 6.21. The Morgan fingerprint density at radius 1 is 1.35 bits per heavy atom. The van der Waals surface area contributed by atoms with Gasteiger partial charge in [-0.1, -0.05) is 19.1 Å². The number of methoxy groups -OCH3 is 1. The molecule has 92 valence electrons. The summed E-state index contributed by atoms with van der Waals surface area (Å²) in [5.41, 5.74) is 1.31. The molecule has 0 bridgehead atoms. The minimum Gasteiger partial charge on any atom is -0.497 e. The van der Waals surface area contributed by atoms with Crippen LogP contribution in [0.15, 0.2) is 24.3 Å². The third-order valence-corrected chi connectivity index (χ3v) is 2.86. The van der Waals surface area contributed by atoms with E-state index in [0.29, 0.717) is 6.04 Å². The van der Waals surface area contributed by atoms with E-state index in [1.807, 2.05) is 12.1 Å². The monoisotopic (exact) mass is 231 g/mol. The molecule has 1 unspecified atom stereocenters. The first-order chi connectivity index (χ1) is 8.30. The predicted octanol–water partition coefficient (Wildman–Crippen LogP) is 2.63. The maximum atomic E-state index is 5.32. The van der Waals surface area contributed by atoms with Gasteiger partial charge in [0.25, 0.3) is 0 Å². The van der Waals surface area contributed by atoms with Crippen molar-refractivity contribution in [2.24, 2.45) is 0 Å². The summed E-state index contributed by atoms with van der Waals surface area (Å²) in [5.74, 6) is 3.61. The molecule has 0 aliphatic heterocycles. The fourth-order valence-electron chi connectivity index (χ4n) is 1.72. The van der Waals surface area contributed by atoms with E-state index in [-0.39, 0.29) is 0 Å². The summed E-state index contributed by atoms with van der Waals surface area (Å²) in [6.07, 6.45) is 8.22. The third kappa shape index (κ3) is 4.93. The molecule has 0 amide bonds. The third-order valence-electron chi connectivity index (χ3n) is 2.86. The lowest BCUT2D eigenvalue weighted by Gasteiger charge is -2.13. The molecular formula is C15H21NO. The highest BCUT2D eigenvalue weighted by atomic mass is 16.5. The van der Waals surface area contributed by atoms with Crippen LogP contribution in [0, 0.1) is 12.3 Å². The fourth-order valence-corrected chi connectivity index (χ4v) is 1.72. The Balaban J connectivity index is 2.32. The number of hydrogen-bond donors (Lipinski definition) is 1. The second-order valence-electron chi connectivity index (χ2n) is 4.07. The second-order valence-corrected chi connectivity index (χ2v) is 4.07. The van der Waals surface area contributed by atoms with Crippen molar-refractivity contribution in [3.63, 3.8) is 0 Å². The van der Waals surface area contributed by atoms with Crippen LogP contribution in [0.4, 0.5) is 0 Å². The van der Waals surface area contributed by atoms with Crippen LogP contribution in [0.25, 0.3) is 0 Å². The van der Waals surface area contributed by atoms with E-state index in [0.717, 1.165) is 31.6 Å². The molecule has 2 nitrogen and oxygen atoms in total. The average molecular weight is 231 g/mol. The molecule has 17 heavy (non-hydrogen) atoms. The average Bonchev–Trinajstić information content (AvgIpc) is 2.38. The van der Waals surface area contributed by atoms with Gasteiger partial charge >= 0.3 is 0 Å². The SMILES string of the molecule is C#CCC(CC)NCCc1ccc(OC)cc1. The number of ether oxygens (including phenoxy) is 1. The molecule has 0 fully saturated rings. The summed E-state index contributed by atoms with van der Waals surface area (Å²) in [7, 11) is 1.68. The molecule has 1 N–H and O–H groups in total. The van der Waals surface area contributed by atoms with Crippen molar-refractivity contribution in [1.29, 1.82) is 0 Å². The van der Waals surface area contributed by atoms with E-state index in [2.05, 4.69) is 30.3 Å². The van der Waals surface area contributed by atoms with Crippen molar-refractivity contribution in [2.45, 2.75) is 32.2 Å². The minimum absolute atomic E-state index is 0.443. The van der Waals surface area contributed by atoms with Gasteiger partial charge in [0.05, 0.1) is 7.11 Å². The van der Waals surface area contributed by atoms with Crippen molar-refractivity contribution in [1.82, 2.24) is 5.32 Å². The first kappa shape index (κ1) is 13.6. The minimum atomic E-state index is 0.443. The number of terminal acetylenes is 1. The number of hydrogen-bond acceptors (Lipinski definition) is 2. The number of nitrogens with one attached hydrogen (secondary N) is 1. The lowest BCUT2D eigenvalue weighted by molar-refractivity contribution is 0.414. The van der Waals surface area contributed by atoms with Crippen molar-refractivity contribution >= 4 is 0 Å². The zero-order chi connectivity index (χ0) is 12.5. The van der Waals surface area contributed by atoms with Gasteiger partial charge in [-0.05, 0) is 37.1 Å². The first-order valence-corrected chi connectivity index (χ1v) is 6.10. The van der Waals surface area contributed by atoms with Crippen LogP contribution in [-0.2, 0) is 6.42 Å². The van der Waals surface area contributed by atoms with Gasteiger partial charge in [0.2, 0.25) is 0 Å². The van der Waals surface area contributed by atoms with Gasteiger partial charge in [0.15, 0.2) is 0 Å². The highest BCUT2D eigenvalue weighted by Crippen LogP contribution is 2.11. The zero-order valence-electron chi connectivity index (χ0n) is 10.7. The van der Waals surface area contributed by atoms with Crippen LogP contribution in [0.2, 0.25) is 0 Å². The quantitative estimate of drug-likeness (QED) is 0.728. The van der Waals surface area contributed by atoms with Gasteiger partial charge in [-0.3, -0.25) is 0 Å². The molecule has 0 heterocycles. The molecule has 2 heteroatoms. The molecule has 1 rings (SSSR count). The topological polar surface area (TPSA) is 21.3 Å². The summed E-state index contributed by atoms with van der Waals surface area (Å²) in [6.45, 7) is 3.12. The lowest BCUT2D eigenvalue weighted by atomic mass is 10.1. The largest absolute Gasteiger partial charge is 0.497 e. The van der Waals surface area contributed by atoms with E-state index in [1.165, 1.54) is 5.56 Å². The molecule has 1 aromatic carbocycles. The standard InChI is InChI=1S/C15H21NO/c1-4-6-14(5-2)16-12-11-13-7-9-15(17-3)10-8-13/h1,7-10,14,16H,5-6,11-12H2,2-3H3. The van der Waals surface area contributed by atoms with Gasteiger partial charge in [0, 0.05) is 12.5 Å². The molecule has 0 aromatic heterocycles. The van der Waals surface area contributed by atoms with Crippen molar-refractivity contribution in [2.75, 3.05) is 13.7 Å². The van der Waals surface area contributed by atoms with Gasteiger partial charge in [-0.2, -0.15) is 0 Å². The van der Waals surface area contributed by atoms with E-state index < -0.39 is 0 Å². The first-order valence-electron chi connectivity index (χ1n) is 6.10. The number of benzene rings is 1. The van der Waals surface area contributed by atoms with Crippen molar-refractivity contribution in [3.05, 3.63) is 29.8 Å². The Morgan fingerprint density at radius 3 is 2.59 bits per heavy atom. The van der Waals surface area contributed by atoms with Gasteiger partial charge in [0.1, 0.15) is 5.75 Å². The van der Waals surface area contributed by atoms with Crippen LogP contribution >= 0.6 is 0 Å². The molecular weight excluding hydrogens is 210 g/mol. The van der Waals surface area contributed by atoms with Crippen LogP contribution in [-0.4, -0.2) is 19.7 Å². The Labute approximate surface area is 104 Å². The van der Waals surface area contributed by atoms with Crippen LogP contribution in [0.5, 0.6) is 5.75 Å². The highest BCUT2D eigenvalue weighted by Gasteiger charge is 2.02. The molecule has 0 spiro atoms. The Hall–Kier alpha value is -1.46. The molecule has 0 aliphatic rings. The second kappa shape index (κ2) is 7.76. The normalized spacial score (nSPS) is 11.8. The van der Waals surface area contributed by atoms with Gasteiger partial charge < -0.3 is 10.1 Å². The summed E-state index contributed by atoms with van der Waals surface area (Å²) in [6, 6.07) is 8.63. The molecule has 0 radical (unpaired) electrons. The molecule has 1 aromatic rings. The van der Waals surface area contributed by atoms with Crippen molar-refractivity contribution < 1.29 is 4.74 Å². The summed E-state index contributed by atoms with van der Waals surface area (Å²) in [5, 5.41) is 3.47. The lowest BCUT2D eigenvalue weighted by Crippen LogP contribution is -2.29. The molecule has 1 atom stereocenters. The van der Waals surface area contributed by atoms with E-state index in [9.17, 15) is 0 Å². The van der Waals surface area contributed by atoms with E-state index >= 15 is 0 Å². The van der Waals surface area contributed by atoms with E-state index in [1.54, 1.807) is 7.11 Å². The Morgan fingerprint density at radius 2 is 2.06 bits per heavy atom. The highest BCUT2D eigenvalue weighted by molar-refractivity contribution is 5.27. The summed E-state index contributed by atoms with van der Waals surface area (Å²) >= 11 is 0. The van der Waals surface area contributed by atoms with E-state index in [4.69, 9.17) is 11.2 Å². The van der Waals surface area contributed by atoms with Crippen molar-refractivity contribution in [3.8, 4) is 18.1 Å². The fraction of sp³-hybridized carbons (Fsp3) is 0.467. The Bertz CT molecular complexity index is 350. The maximum absolute atomic E-state index is 5.32. The summed E-state index contributed by atoms with van der Waals surface area (Å²) in [4.78, 5) is 0. The molecule has 0 aliphatic carbocycles. The van der Waals surface area contributed by atoms with Gasteiger partial charge in [-0.25, -0.2) is 0 Å². The predicted molar refractivity (Wildman–Crippen MR) is 72.2 cm³/mol. The maximum Gasteiger partial charge on any atom is 0.118 e. The zero-order valence-corrected chi connectivity index (χ0v) is 10.7. The number of rotatable bonds is 7. The van der Waals surface area contributed by atoms with Crippen LogP contribution in [0.3, 0.4) is 0 Å². The summed E-state index contributed by atoms with van der Waals surface area (Å²) < 4.78 is 5.12. The van der Waals surface area contributed by atoms with Crippen LogP contribution < -0.4 is 10.1 Å². The molecule has 0 saturated carbocycles.